The second kappa shape index (κ2) is 12.4. The van der Waals surface area contributed by atoms with E-state index in [9.17, 15) is 9.59 Å². The Hall–Kier alpha value is -4.03. The minimum Gasteiger partial charge on any atom is -0.328 e. The quantitative estimate of drug-likeness (QED) is 0.177. The van der Waals surface area contributed by atoms with Crippen molar-refractivity contribution in [3.8, 4) is 5.69 Å². The van der Waals surface area contributed by atoms with Crippen molar-refractivity contribution in [1.82, 2.24) is 14.5 Å². The largest absolute Gasteiger partial charge is 0.328 e. The van der Waals surface area contributed by atoms with Crippen molar-refractivity contribution in [3.05, 3.63) is 140 Å². The minimum atomic E-state index is -0.428. The minimum absolute atomic E-state index is 0.0739. The van der Waals surface area contributed by atoms with Crippen molar-refractivity contribution in [2.75, 3.05) is 6.54 Å². The van der Waals surface area contributed by atoms with Crippen LogP contribution in [0.1, 0.15) is 53.6 Å². The third-order valence-corrected chi connectivity index (χ3v) is 7.83. The second-order valence-corrected chi connectivity index (χ2v) is 10.7. The topological polar surface area (TPSA) is 55.2 Å². The first kappa shape index (κ1) is 27.5. The Labute approximate surface area is 243 Å². The van der Waals surface area contributed by atoms with Gasteiger partial charge in [0.15, 0.2) is 0 Å². The van der Waals surface area contributed by atoms with Crippen molar-refractivity contribution in [3.63, 3.8) is 0 Å². The van der Waals surface area contributed by atoms with Crippen LogP contribution >= 0.6 is 15.9 Å². The number of hydrogen-bond donors (Lipinski definition) is 0. The SMILES string of the molecule is CCc1ccc(C(=O)N(CCc2ccccc2)C(CC)c2nc3ccccc3c(=O)n2-c2ccc(Br)cc2)cc1. The second-order valence-electron chi connectivity index (χ2n) is 9.81. The van der Waals surface area contributed by atoms with Crippen LogP contribution in [0.3, 0.4) is 0 Å². The number of aryl methyl sites for hydroxylation is 1. The molecule has 6 heteroatoms. The monoisotopic (exact) mass is 593 g/mol. The first-order valence-corrected chi connectivity index (χ1v) is 14.5. The van der Waals surface area contributed by atoms with Gasteiger partial charge in [-0.25, -0.2) is 4.98 Å². The Balaban J connectivity index is 1.67. The number of nitrogens with zero attached hydrogens (tertiary/aromatic N) is 3. The molecule has 0 fully saturated rings. The lowest BCUT2D eigenvalue weighted by Crippen LogP contribution is -2.39. The fourth-order valence-corrected chi connectivity index (χ4v) is 5.36. The lowest BCUT2D eigenvalue weighted by atomic mass is 10.0. The molecule has 1 amide bonds. The van der Waals surface area contributed by atoms with E-state index in [2.05, 4.69) is 35.0 Å². The smallest absolute Gasteiger partial charge is 0.266 e. The molecular weight excluding hydrogens is 562 g/mol. The highest BCUT2D eigenvalue weighted by atomic mass is 79.9. The summed E-state index contributed by atoms with van der Waals surface area (Å²) < 4.78 is 2.59. The molecular formula is C34H32BrN3O2. The molecule has 1 heterocycles. The van der Waals surface area contributed by atoms with E-state index in [1.165, 1.54) is 5.56 Å². The van der Waals surface area contributed by atoms with Crippen LogP contribution in [0.15, 0.2) is 112 Å². The van der Waals surface area contributed by atoms with Crippen LogP contribution in [0.5, 0.6) is 0 Å². The van der Waals surface area contributed by atoms with E-state index < -0.39 is 6.04 Å². The maximum absolute atomic E-state index is 14.2. The summed E-state index contributed by atoms with van der Waals surface area (Å²) in [7, 11) is 0. The first-order valence-electron chi connectivity index (χ1n) is 13.7. The number of hydrogen-bond acceptors (Lipinski definition) is 3. The zero-order chi connectivity index (χ0) is 28.1. The van der Waals surface area contributed by atoms with Gasteiger partial charge < -0.3 is 4.90 Å². The molecule has 40 heavy (non-hydrogen) atoms. The van der Waals surface area contributed by atoms with Crippen molar-refractivity contribution >= 4 is 32.7 Å². The van der Waals surface area contributed by atoms with Crippen LogP contribution in [0.25, 0.3) is 16.6 Å². The molecule has 1 unspecified atom stereocenters. The van der Waals surface area contributed by atoms with E-state index in [1.54, 1.807) is 10.6 Å². The average molecular weight is 595 g/mol. The van der Waals surface area contributed by atoms with E-state index in [0.717, 1.165) is 16.5 Å². The van der Waals surface area contributed by atoms with Gasteiger partial charge in [-0.05, 0) is 78.9 Å². The van der Waals surface area contributed by atoms with Gasteiger partial charge in [-0.15, -0.1) is 0 Å². The van der Waals surface area contributed by atoms with Gasteiger partial charge in [-0.2, -0.15) is 0 Å². The zero-order valence-electron chi connectivity index (χ0n) is 22.8. The number of amides is 1. The van der Waals surface area contributed by atoms with Crippen LogP contribution in [0.4, 0.5) is 0 Å². The summed E-state index contributed by atoms with van der Waals surface area (Å²) in [5, 5.41) is 0.543. The van der Waals surface area contributed by atoms with Crippen LogP contribution in [0, 0.1) is 0 Å². The number of rotatable bonds is 9. The van der Waals surface area contributed by atoms with Gasteiger partial charge in [0.05, 0.1) is 22.6 Å². The highest BCUT2D eigenvalue weighted by Crippen LogP contribution is 2.28. The van der Waals surface area contributed by atoms with Crippen molar-refractivity contribution in [2.24, 2.45) is 0 Å². The molecule has 4 aromatic carbocycles. The Morgan fingerprint density at radius 3 is 2.20 bits per heavy atom. The molecule has 0 aliphatic carbocycles. The number of halogens is 1. The maximum Gasteiger partial charge on any atom is 0.266 e. The van der Waals surface area contributed by atoms with Gasteiger partial charge in [0.1, 0.15) is 5.82 Å². The van der Waals surface area contributed by atoms with Crippen LogP contribution in [-0.2, 0) is 12.8 Å². The van der Waals surface area contributed by atoms with Crippen molar-refractivity contribution in [2.45, 2.75) is 39.2 Å². The van der Waals surface area contributed by atoms with Crippen LogP contribution in [-0.4, -0.2) is 26.9 Å². The number of carbonyl (C=O) groups is 1. The average Bonchev–Trinajstić information content (AvgIpc) is 3.00. The Morgan fingerprint density at radius 2 is 1.52 bits per heavy atom. The molecule has 5 aromatic rings. The summed E-state index contributed by atoms with van der Waals surface area (Å²) in [4.78, 5) is 35.1. The summed E-state index contributed by atoms with van der Waals surface area (Å²) >= 11 is 3.50. The van der Waals surface area contributed by atoms with Crippen molar-refractivity contribution in [1.29, 1.82) is 0 Å². The molecule has 0 radical (unpaired) electrons. The predicted molar refractivity (Wildman–Crippen MR) is 165 cm³/mol. The van der Waals surface area contributed by atoms with Crippen LogP contribution in [0.2, 0.25) is 0 Å². The van der Waals surface area contributed by atoms with Gasteiger partial charge >= 0.3 is 0 Å². The Bertz CT molecular complexity index is 1660. The highest BCUT2D eigenvalue weighted by molar-refractivity contribution is 9.10. The number of para-hydroxylation sites is 1. The van der Waals surface area contributed by atoms with Crippen LogP contribution < -0.4 is 5.56 Å². The lowest BCUT2D eigenvalue weighted by Gasteiger charge is -2.32. The van der Waals surface area contributed by atoms with E-state index in [1.807, 2.05) is 96.8 Å². The fraction of sp³-hybridized carbons (Fsp3) is 0.206. The van der Waals surface area contributed by atoms with Crippen molar-refractivity contribution < 1.29 is 4.79 Å². The number of fused-ring (bicyclic) bond motifs is 1. The Kier molecular flexibility index (Phi) is 8.56. The zero-order valence-corrected chi connectivity index (χ0v) is 24.3. The predicted octanol–water partition coefficient (Wildman–Crippen LogP) is 7.55. The molecule has 202 valence electrons. The molecule has 0 spiro atoms. The molecule has 1 aromatic heterocycles. The number of carbonyl (C=O) groups excluding carboxylic acids is 1. The molecule has 0 aliphatic heterocycles. The molecule has 0 bridgehead atoms. The lowest BCUT2D eigenvalue weighted by molar-refractivity contribution is 0.0662. The van der Waals surface area contributed by atoms with Gasteiger partial charge in [-0.1, -0.05) is 84.4 Å². The number of benzene rings is 4. The Morgan fingerprint density at radius 1 is 0.850 bits per heavy atom. The molecule has 1 atom stereocenters. The summed E-state index contributed by atoms with van der Waals surface area (Å²) in [6.07, 6.45) is 2.19. The first-order chi connectivity index (χ1) is 19.5. The summed E-state index contributed by atoms with van der Waals surface area (Å²) in [6.45, 7) is 4.63. The molecule has 0 N–H and O–H groups in total. The molecule has 0 aliphatic rings. The molecule has 5 rings (SSSR count). The van der Waals surface area contributed by atoms with E-state index in [-0.39, 0.29) is 11.5 Å². The molecule has 0 saturated carbocycles. The summed E-state index contributed by atoms with van der Waals surface area (Å²) in [5.74, 6) is 0.482. The molecule has 0 saturated heterocycles. The number of aromatic nitrogens is 2. The van der Waals surface area contributed by atoms with E-state index in [4.69, 9.17) is 4.98 Å². The highest BCUT2D eigenvalue weighted by Gasteiger charge is 2.29. The van der Waals surface area contributed by atoms with E-state index in [0.29, 0.717) is 47.4 Å². The summed E-state index contributed by atoms with van der Waals surface area (Å²) in [5.41, 5.74) is 4.14. The third kappa shape index (κ3) is 5.77. The molecule has 5 nitrogen and oxygen atoms in total. The summed E-state index contributed by atoms with van der Waals surface area (Å²) in [6, 6.07) is 32.6. The van der Waals surface area contributed by atoms with Gasteiger partial charge in [0.25, 0.3) is 11.5 Å². The third-order valence-electron chi connectivity index (χ3n) is 7.30. The standard InChI is InChI=1S/C34H32BrN3O2/c1-3-24-14-16-26(17-15-24)33(39)37(23-22-25-10-6-5-7-11-25)31(4-2)32-36-30-13-9-8-12-29(30)34(40)38(32)28-20-18-27(35)19-21-28/h5-21,31H,3-4,22-23H2,1-2H3. The van der Waals surface area contributed by atoms with Gasteiger partial charge in [-0.3, -0.25) is 14.2 Å². The van der Waals surface area contributed by atoms with Gasteiger partial charge in [0.2, 0.25) is 0 Å². The van der Waals surface area contributed by atoms with Gasteiger partial charge in [0, 0.05) is 16.6 Å². The maximum atomic E-state index is 14.2. The fourth-order valence-electron chi connectivity index (χ4n) is 5.10. The normalized spacial score (nSPS) is 11.9. The van der Waals surface area contributed by atoms with E-state index >= 15 is 0 Å².